The van der Waals surface area contributed by atoms with Crippen LogP contribution < -0.4 is 16.0 Å². The summed E-state index contributed by atoms with van der Waals surface area (Å²) in [6, 6.07) is 0.154. The third kappa shape index (κ3) is 9.11. The molecule has 1 aromatic rings. The lowest BCUT2D eigenvalue weighted by atomic mass is 9.91. The van der Waals surface area contributed by atoms with E-state index in [-0.39, 0.29) is 48.2 Å². The number of aliphatic imine (C=N–C) groups is 1. The number of carbonyl (C=O) groups excluding carboxylic acids is 1. The molecule has 0 saturated heterocycles. The van der Waals surface area contributed by atoms with E-state index in [4.69, 9.17) is 4.74 Å². The fourth-order valence-electron chi connectivity index (χ4n) is 3.33. The number of alkyl carbamates (subject to hydrolysis) is 1. The lowest BCUT2D eigenvalue weighted by Gasteiger charge is -2.31. The molecule has 0 atom stereocenters. The van der Waals surface area contributed by atoms with Gasteiger partial charge in [-0.05, 0) is 46.5 Å². The highest BCUT2D eigenvalue weighted by atomic mass is 127. The first kappa shape index (κ1) is 27.3. The topological polar surface area (TPSA) is 92.6 Å². The maximum atomic E-state index is 13.1. The molecule has 178 valence electrons. The molecule has 1 amide bonds. The molecule has 0 aliphatic heterocycles. The van der Waals surface area contributed by atoms with Gasteiger partial charge in [-0.25, -0.2) is 4.79 Å². The average molecular weight is 560 g/mol. The summed E-state index contributed by atoms with van der Waals surface area (Å²) in [7, 11) is 3.02. The molecule has 31 heavy (non-hydrogen) atoms. The van der Waals surface area contributed by atoms with E-state index in [2.05, 4.69) is 26.0 Å². The summed E-state index contributed by atoms with van der Waals surface area (Å²) in [5.41, 5.74) is -1.39. The summed E-state index contributed by atoms with van der Waals surface area (Å²) in [6.45, 7) is 5.40. The van der Waals surface area contributed by atoms with Gasteiger partial charge in [-0.3, -0.25) is 9.67 Å². The van der Waals surface area contributed by atoms with Crippen LogP contribution in [0, 0.1) is 0 Å². The van der Waals surface area contributed by atoms with Gasteiger partial charge < -0.3 is 20.7 Å². The van der Waals surface area contributed by atoms with Crippen LogP contribution in [-0.4, -0.2) is 46.6 Å². The average Bonchev–Trinajstić information content (AvgIpc) is 2.99. The fourth-order valence-corrected chi connectivity index (χ4v) is 3.33. The Kier molecular flexibility index (Phi) is 9.89. The Morgan fingerprint density at radius 3 is 2.23 bits per heavy atom. The summed E-state index contributed by atoms with van der Waals surface area (Å²) in [4.78, 5) is 16.0. The van der Waals surface area contributed by atoms with Crippen molar-refractivity contribution in [2.45, 2.75) is 76.9 Å². The lowest BCUT2D eigenvalue weighted by molar-refractivity contribution is -0.142. The minimum Gasteiger partial charge on any atom is -0.444 e. The van der Waals surface area contributed by atoms with Gasteiger partial charge in [0.2, 0.25) is 0 Å². The van der Waals surface area contributed by atoms with Gasteiger partial charge in [-0.1, -0.05) is 0 Å². The second-order valence-electron chi connectivity index (χ2n) is 8.44. The molecule has 0 spiro atoms. The number of aromatic nitrogens is 2. The van der Waals surface area contributed by atoms with Gasteiger partial charge in [0, 0.05) is 44.5 Å². The molecule has 12 heteroatoms. The smallest absolute Gasteiger partial charge is 0.435 e. The monoisotopic (exact) mass is 560 g/mol. The number of guanidine groups is 1. The van der Waals surface area contributed by atoms with E-state index in [1.165, 1.54) is 13.2 Å². The SMILES string of the molecule is CN=C(NCc1cn(C)nc1C(F)(F)F)NC1CCC(NC(=O)OC(C)(C)C)CC1.I. The van der Waals surface area contributed by atoms with Crippen LogP contribution >= 0.6 is 24.0 Å². The Labute approximate surface area is 197 Å². The number of hydrogen-bond donors (Lipinski definition) is 3. The molecule has 0 aromatic carbocycles. The third-order valence-corrected chi connectivity index (χ3v) is 4.63. The second-order valence-corrected chi connectivity index (χ2v) is 8.44. The van der Waals surface area contributed by atoms with Crippen molar-refractivity contribution in [3.05, 3.63) is 17.5 Å². The quantitative estimate of drug-likeness (QED) is 0.298. The fraction of sp³-hybridized carbons (Fsp3) is 0.737. The number of amides is 1. The normalized spacial score (nSPS) is 19.9. The zero-order valence-electron chi connectivity index (χ0n) is 18.5. The first-order valence-electron chi connectivity index (χ1n) is 9.94. The van der Waals surface area contributed by atoms with Crippen molar-refractivity contribution in [1.29, 1.82) is 0 Å². The predicted molar refractivity (Wildman–Crippen MR) is 122 cm³/mol. The zero-order chi connectivity index (χ0) is 22.5. The summed E-state index contributed by atoms with van der Waals surface area (Å²) < 4.78 is 45.6. The number of halogens is 4. The molecule has 0 bridgehead atoms. The van der Waals surface area contributed by atoms with Gasteiger partial charge in [0.1, 0.15) is 5.60 Å². The molecular weight excluding hydrogens is 528 g/mol. The number of hydrogen-bond acceptors (Lipinski definition) is 4. The maximum Gasteiger partial charge on any atom is 0.435 e. The number of alkyl halides is 3. The lowest BCUT2D eigenvalue weighted by Crippen LogP contribution is -2.48. The summed E-state index contributed by atoms with van der Waals surface area (Å²) in [6.07, 6.45) is -0.452. The van der Waals surface area contributed by atoms with Crippen LogP contribution in [0.3, 0.4) is 0 Å². The van der Waals surface area contributed by atoms with Gasteiger partial charge in [-0.2, -0.15) is 18.3 Å². The van der Waals surface area contributed by atoms with Crippen molar-refractivity contribution in [1.82, 2.24) is 25.7 Å². The Morgan fingerprint density at radius 2 is 1.74 bits per heavy atom. The third-order valence-electron chi connectivity index (χ3n) is 4.63. The van der Waals surface area contributed by atoms with Crippen LogP contribution in [0.25, 0.3) is 0 Å². The van der Waals surface area contributed by atoms with Crippen molar-refractivity contribution in [2.75, 3.05) is 7.05 Å². The van der Waals surface area contributed by atoms with E-state index >= 15 is 0 Å². The highest BCUT2D eigenvalue weighted by Gasteiger charge is 2.36. The van der Waals surface area contributed by atoms with E-state index in [1.807, 2.05) is 20.8 Å². The van der Waals surface area contributed by atoms with Crippen LogP contribution in [-0.2, 0) is 24.5 Å². The molecular formula is C19H32F3IN6O2. The number of nitrogens with one attached hydrogen (secondary N) is 3. The molecule has 1 aliphatic rings. The molecule has 1 saturated carbocycles. The largest absolute Gasteiger partial charge is 0.444 e. The Hall–Kier alpha value is -1.73. The van der Waals surface area contributed by atoms with Gasteiger partial charge in [0.05, 0.1) is 0 Å². The Balaban J connectivity index is 0.00000480. The predicted octanol–water partition coefficient (Wildman–Crippen LogP) is 3.56. The van der Waals surface area contributed by atoms with E-state index in [9.17, 15) is 18.0 Å². The van der Waals surface area contributed by atoms with Crippen LogP contribution in [0.5, 0.6) is 0 Å². The number of rotatable bonds is 4. The minimum absolute atomic E-state index is 0. The summed E-state index contributed by atoms with van der Waals surface area (Å²) >= 11 is 0. The molecule has 8 nitrogen and oxygen atoms in total. The van der Waals surface area contributed by atoms with Gasteiger partial charge in [0.15, 0.2) is 11.7 Å². The minimum atomic E-state index is -4.51. The van der Waals surface area contributed by atoms with Crippen molar-refractivity contribution in [3.63, 3.8) is 0 Å². The molecule has 1 aliphatic carbocycles. The second kappa shape index (κ2) is 11.2. The van der Waals surface area contributed by atoms with Gasteiger partial charge in [-0.15, -0.1) is 24.0 Å². The van der Waals surface area contributed by atoms with Crippen LogP contribution in [0.2, 0.25) is 0 Å². The van der Waals surface area contributed by atoms with Crippen LogP contribution in [0.4, 0.5) is 18.0 Å². The molecule has 0 unspecified atom stereocenters. The van der Waals surface area contributed by atoms with Crippen molar-refractivity contribution in [3.8, 4) is 0 Å². The number of carbonyl (C=O) groups is 1. The molecule has 1 aromatic heterocycles. The highest BCUT2D eigenvalue weighted by molar-refractivity contribution is 14.0. The first-order valence-corrected chi connectivity index (χ1v) is 9.94. The Bertz CT molecular complexity index is 753. The standard InChI is InChI=1S/C19H31F3N6O2.HI/c1-18(2,3)30-17(29)26-14-8-6-13(7-9-14)25-16(23-4)24-10-12-11-28(5)27-15(12)19(20,21)22;/h11,13-14H,6-10H2,1-5H3,(H,26,29)(H2,23,24,25);1H. The zero-order valence-corrected chi connectivity index (χ0v) is 20.8. The summed E-state index contributed by atoms with van der Waals surface area (Å²) in [5, 5.41) is 12.5. The first-order chi connectivity index (χ1) is 13.9. The van der Waals surface area contributed by atoms with Crippen molar-refractivity contribution < 1.29 is 22.7 Å². The van der Waals surface area contributed by atoms with Crippen molar-refractivity contribution in [2.24, 2.45) is 12.0 Å². The Morgan fingerprint density at radius 1 is 1.19 bits per heavy atom. The van der Waals surface area contributed by atoms with E-state index in [0.29, 0.717) is 5.96 Å². The number of ether oxygens (including phenoxy) is 1. The summed E-state index contributed by atoms with van der Waals surface area (Å²) in [5.74, 6) is 0.426. The van der Waals surface area contributed by atoms with E-state index in [0.717, 1.165) is 30.4 Å². The molecule has 3 N–H and O–H groups in total. The van der Waals surface area contributed by atoms with E-state index in [1.54, 1.807) is 7.05 Å². The molecule has 1 heterocycles. The number of nitrogens with zero attached hydrogens (tertiary/aromatic N) is 3. The maximum absolute atomic E-state index is 13.1. The van der Waals surface area contributed by atoms with Crippen LogP contribution in [0.15, 0.2) is 11.2 Å². The van der Waals surface area contributed by atoms with E-state index < -0.39 is 23.6 Å². The van der Waals surface area contributed by atoms with Gasteiger partial charge >= 0.3 is 12.3 Å². The molecule has 0 radical (unpaired) electrons. The van der Waals surface area contributed by atoms with Crippen LogP contribution in [0.1, 0.15) is 57.7 Å². The van der Waals surface area contributed by atoms with Crippen molar-refractivity contribution >= 4 is 36.0 Å². The molecule has 1 fully saturated rings. The molecule has 2 rings (SSSR count). The highest BCUT2D eigenvalue weighted by Crippen LogP contribution is 2.30. The van der Waals surface area contributed by atoms with Gasteiger partial charge in [0.25, 0.3) is 0 Å². The number of aryl methyl sites for hydroxylation is 1.